The Bertz CT molecular complexity index is 853. The quantitative estimate of drug-likeness (QED) is 0.491. The highest BCUT2D eigenvalue weighted by molar-refractivity contribution is 7.42. The summed E-state index contributed by atoms with van der Waals surface area (Å²) in [5, 5.41) is 0. The molecule has 3 rings (SSSR count). The van der Waals surface area contributed by atoms with E-state index < -0.39 is 8.60 Å². The first-order valence-corrected chi connectivity index (χ1v) is 11.0. The van der Waals surface area contributed by atoms with Gasteiger partial charge in [0.25, 0.3) is 0 Å². The van der Waals surface area contributed by atoms with Gasteiger partial charge in [-0.3, -0.25) is 4.52 Å². The van der Waals surface area contributed by atoms with Gasteiger partial charge in [-0.2, -0.15) is 0 Å². The lowest BCUT2D eigenvalue weighted by atomic mass is 9.78. The summed E-state index contributed by atoms with van der Waals surface area (Å²) in [6.07, 6.45) is 0. The second-order valence-electron chi connectivity index (χ2n) is 9.94. The molecule has 0 saturated heterocycles. The minimum absolute atomic E-state index is 0.0442. The summed E-state index contributed by atoms with van der Waals surface area (Å²) in [6.45, 7) is 20.2. The number of rotatable bonds is 2. The Morgan fingerprint density at radius 1 is 0.821 bits per heavy atom. The zero-order valence-electron chi connectivity index (χ0n) is 18.7. The van der Waals surface area contributed by atoms with Crippen LogP contribution >= 0.6 is 8.60 Å². The Labute approximate surface area is 171 Å². The highest BCUT2D eigenvalue weighted by atomic mass is 31.2. The average molecular weight is 400 g/mol. The highest BCUT2D eigenvalue weighted by Crippen LogP contribution is 2.52. The van der Waals surface area contributed by atoms with Crippen molar-refractivity contribution in [2.24, 2.45) is 0 Å². The van der Waals surface area contributed by atoms with Crippen molar-refractivity contribution in [3.8, 4) is 11.5 Å². The molecule has 1 atom stereocenters. The average Bonchev–Trinajstić information content (AvgIpc) is 2.54. The maximum absolute atomic E-state index is 6.49. The zero-order chi connectivity index (χ0) is 20.9. The summed E-state index contributed by atoms with van der Waals surface area (Å²) < 4.78 is 18.7. The lowest BCUT2D eigenvalue weighted by molar-refractivity contribution is 0.230. The first-order valence-electron chi connectivity index (χ1n) is 9.91. The van der Waals surface area contributed by atoms with Gasteiger partial charge in [0.1, 0.15) is 11.5 Å². The molecule has 1 heterocycles. The minimum atomic E-state index is -1.50. The first-order chi connectivity index (χ1) is 12.9. The Hall–Kier alpha value is -1.57. The van der Waals surface area contributed by atoms with Crippen LogP contribution in [-0.2, 0) is 22.0 Å². The van der Waals surface area contributed by atoms with Gasteiger partial charge >= 0.3 is 8.60 Å². The van der Waals surface area contributed by atoms with Crippen LogP contribution in [0.3, 0.4) is 0 Å². The molecule has 0 N–H and O–H groups in total. The molecular formula is C24H33O3P. The van der Waals surface area contributed by atoms with Crippen LogP contribution in [0.4, 0.5) is 0 Å². The molecule has 0 spiro atoms. The summed E-state index contributed by atoms with van der Waals surface area (Å²) in [4.78, 5) is 0. The number of aryl methyl sites for hydroxylation is 3. The second-order valence-corrected chi connectivity index (χ2v) is 11.0. The van der Waals surface area contributed by atoms with Gasteiger partial charge in [0.15, 0.2) is 0 Å². The topological polar surface area (TPSA) is 27.7 Å². The normalized spacial score (nSPS) is 17.1. The molecule has 0 amide bonds. The Morgan fingerprint density at radius 2 is 1.36 bits per heavy atom. The molecule has 28 heavy (non-hydrogen) atoms. The maximum atomic E-state index is 6.49. The molecule has 0 fully saturated rings. The van der Waals surface area contributed by atoms with Gasteiger partial charge in [0, 0.05) is 16.7 Å². The first kappa shape index (κ1) is 21.1. The predicted molar refractivity (Wildman–Crippen MR) is 117 cm³/mol. The van der Waals surface area contributed by atoms with Crippen LogP contribution in [0.25, 0.3) is 0 Å². The van der Waals surface area contributed by atoms with E-state index in [2.05, 4.69) is 86.6 Å². The van der Waals surface area contributed by atoms with E-state index in [0.29, 0.717) is 6.61 Å². The second kappa shape index (κ2) is 7.35. The van der Waals surface area contributed by atoms with E-state index in [1.807, 2.05) is 0 Å². The van der Waals surface area contributed by atoms with E-state index in [0.717, 1.165) is 22.6 Å². The van der Waals surface area contributed by atoms with Crippen molar-refractivity contribution in [2.45, 2.75) is 79.8 Å². The van der Waals surface area contributed by atoms with Crippen molar-refractivity contribution in [3.63, 3.8) is 0 Å². The lowest BCUT2D eigenvalue weighted by Gasteiger charge is -2.32. The molecule has 1 unspecified atom stereocenters. The van der Waals surface area contributed by atoms with Crippen molar-refractivity contribution in [2.75, 3.05) is 0 Å². The summed E-state index contributed by atoms with van der Waals surface area (Å²) in [5.41, 5.74) is 6.99. The van der Waals surface area contributed by atoms with Crippen molar-refractivity contribution < 1.29 is 13.6 Å². The van der Waals surface area contributed by atoms with Crippen LogP contribution in [0.5, 0.6) is 11.5 Å². The fraction of sp³-hybridized carbons (Fsp3) is 0.500. The van der Waals surface area contributed by atoms with E-state index in [1.165, 1.54) is 22.3 Å². The highest BCUT2D eigenvalue weighted by Gasteiger charge is 2.33. The molecule has 0 aliphatic carbocycles. The standard InChI is InChI=1S/C24H33O3P/c1-15-10-17(3)21-18(11-15)14-25-28(26-21)27-22-19(23(4,5)6)12-16(2)13-20(22)24(7,8)9/h10-13H,14H2,1-9H3. The summed E-state index contributed by atoms with van der Waals surface area (Å²) in [7, 11) is -1.50. The largest absolute Gasteiger partial charge is 0.463 e. The maximum Gasteiger partial charge on any atom is 0.463 e. The molecule has 1 aliphatic heterocycles. The fourth-order valence-electron chi connectivity index (χ4n) is 3.61. The number of fused-ring (bicyclic) bond motifs is 1. The third-order valence-electron chi connectivity index (χ3n) is 5.00. The van der Waals surface area contributed by atoms with Gasteiger partial charge in [-0.1, -0.05) is 76.9 Å². The Balaban J connectivity index is 2.02. The van der Waals surface area contributed by atoms with Crippen LogP contribution < -0.4 is 9.05 Å². The number of benzene rings is 2. The molecule has 0 saturated carbocycles. The van der Waals surface area contributed by atoms with Crippen molar-refractivity contribution in [1.82, 2.24) is 0 Å². The molecule has 3 nitrogen and oxygen atoms in total. The van der Waals surface area contributed by atoms with Gasteiger partial charge in [-0.25, -0.2) is 0 Å². The van der Waals surface area contributed by atoms with Gasteiger partial charge < -0.3 is 9.05 Å². The molecule has 0 bridgehead atoms. The third-order valence-corrected chi connectivity index (χ3v) is 6.01. The van der Waals surface area contributed by atoms with Gasteiger partial charge in [-0.05, 0) is 37.2 Å². The smallest absolute Gasteiger partial charge is 0.417 e. The molecule has 1 aliphatic rings. The molecule has 0 radical (unpaired) electrons. The Morgan fingerprint density at radius 3 is 1.89 bits per heavy atom. The van der Waals surface area contributed by atoms with E-state index in [1.54, 1.807) is 0 Å². The monoisotopic (exact) mass is 400 g/mol. The molecule has 152 valence electrons. The number of hydrogen-bond acceptors (Lipinski definition) is 3. The van der Waals surface area contributed by atoms with E-state index >= 15 is 0 Å². The SMILES string of the molecule is Cc1cc(C)c2c(c1)COP(Oc1c(C(C)(C)C)cc(C)cc1C(C)(C)C)O2. The predicted octanol–water partition coefficient (Wildman–Crippen LogP) is 7.42. The molecule has 0 aromatic heterocycles. The molecular weight excluding hydrogens is 367 g/mol. The van der Waals surface area contributed by atoms with E-state index in [9.17, 15) is 0 Å². The molecule has 2 aromatic carbocycles. The summed E-state index contributed by atoms with van der Waals surface area (Å²) >= 11 is 0. The summed E-state index contributed by atoms with van der Waals surface area (Å²) in [6, 6.07) is 8.73. The minimum Gasteiger partial charge on any atom is -0.417 e. The third kappa shape index (κ3) is 4.36. The van der Waals surface area contributed by atoms with Gasteiger partial charge in [-0.15, -0.1) is 0 Å². The van der Waals surface area contributed by atoms with E-state index in [-0.39, 0.29) is 10.8 Å². The summed E-state index contributed by atoms with van der Waals surface area (Å²) in [5.74, 6) is 1.81. The lowest BCUT2D eigenvalue weighted by Crippen LogP contribution is -2.20. The zero-order valence-corrected chi connectivity index (χ0v) is 19.6. The van der Waals surface area contributed by atoms with Crippen LogP contribution in [0.15, 0.2) is 24.3 Å². The van der Waals surface area contributed by atoms with E-state index in [4.69, 9.17) is 13.6 Å². The van der Waals surface area contributed by atoms with Crippen molar-refractivity contribution >= 4 is 8.60 Å². The fourth-order valence-corrected chi connectivity index (χ4v) is 4.75. The molecule has 4 heteroatoms. The molecule has 2 aromatic rings. The van der Waals surface area contributed by atoms with Crippen molar-refractivity contribution in [3.05, 3.63) is 57.6 Å². The van der Waals surface area contributed by atoms with Crippen LogP contribution in [-0.4, -0.2) is 0 Å². The Kier molecular flexibility index (Phi) is 5.55. The van der Waals surface area contributed by atoms with Crippen molar-refractivity contribution in [1.29, 1.82) is 0 Å². The van der Waals surface area contributed by atoms with Crippen LogP contribution in [0.2, 0.25) is 0 Å². The van der Waals surface area contributed by atoms with Crippen LogP contribution in [0.1, 0.15) is 74.9 Å². The van der Waals surface area contributed by atoms with Gasteiger partial charge in [0.05, 0.1) is 6.61 Å². The van der Waals surface area contributed by atoms with Gasteiger partial charge in [0.2, 0.25) is 0 Å². The number of hydrogen-bond donors (Lipinski definition) is 0. The van der Waals surface area contributed by atoms with Crippen LogP contribution in [0, 0.1) is 20.8 Å².